The number of benzene rings is 11. The maximum Gasteiger partial charge on any atom is 0.160 e. The molecule has 2 heterocycles. The molecule has 0 amide bonds. The summed E-state index contributed by atoms with van der Waals surface area (Å²) in [5.41, 5.74) is 17.2. The van der Waals surface area contributed by atoms with Gasteiger partial charge < -0.3 is 4.57 Å². The van der Waals surface area contributed by atoms with Gasteiger partial charge in [0.15, 0.2) is 5.84 Å². The summed E-state index contributed by atoms with van der Waals surface area (Å²) in [6.45, 7) is 2.26. The Kier molecular flexibility index (Phi) is 10.2. The highest BCUT2D eigenvalue weighted by Gasteiger charge is 2.21. The minimum Gasteiger partial charge on any atom is -0.309 e. The van der Waals surface area contributed by atoms with Gasteiger partial charge in [-0.3, -0.25) is 0 Å². The summed E-state index contributed by atoms with van der Waals surface area (Å²) in [6, 6.07) is 87.9. The first-order chi connectivity index (χ1) is 34.6. The van der Waals surface area contributed by atoms with Crippen molar-refractivity contribution in [1.82, 2.24) is 4.57 Å². The van der Waals surface area contributed by atoms with Gasteiger partial charge in [0, 0.05) is 27.6 Å². The number of allylic oxidation sites excluding steroid dienone is 1. The molecule has 330 valence electrons. The number of nitrogens with zero attached hydrogens (tertiary/aromatic N) is 3. The van der Waals surface area contributed by atoms with E-state index in [-0.39, 0.29) is 0 Å². The molecule has 0 aliphatic carbocycles. The van der Waals surface area contributed by atoms with E-state index in [4.69, 9.17) is 9.98 Å². The third-order valence-electron chi connectivity index (χ3n) is 14.3. The van der Waals surface area contributed by atoms with Crippen molar-refractivity contribution >= 4 is 71.4 Å². The first kappa shape index (κ1) is 41.3. The second kappa shape index (κ2) is 17.3. The van der Waals surface area contributed by atoms with Gasteiger partial charge in [0.2, 0.25) is 0 Å². The number of para-hydroxylation sites is 1. The van der Waals surface area contributed by atoms with E-state index in [1.807, 2.05) is 0 Å². The summed E-state index contributed by atoms with van der Waals surface area (Å²) < 4.78 is 2.42. The lowest BCUT2D eigenvalue weighted by molar-refractivity contribution is 1.00. The molecular weight excluding hydrogens is 847 g/mol. The van der Waals surface area contributed by atoms with Crippen LogP contribution in [0.15, 0.2) is 258 Å². The second-order valence-corrected chi connectivity index (χ2v) is 18.5. The van der Waals surface area contributed by atoms with Crippen molar-refractivity contribution in [1.29, 1.82) is 0 Å². The fourth-order valence-electron chi connectivity index (χ4n) is 10.8. The van der Waals surface area contributed by atoms with E-state index in [0.29, 0.717) is 0 Å². The van der Waals surface area contributed by atoms with Crippen LogP contribution in [0.25, 0.3) is 98.9 Å². The highest BCUT2D eigenvalue weighted by atomic mass is 15.0. The monoisotopic (exact) mass is 893 g/mol. The van der Waals surface area contributed by atoms with E-state index in [2.05, 4.69) is 254 Å². The van der Waals surface area contributed by atoms with Gasteiger partial charge in [-0.15, -0.1) is 0 Å². The van der Waals surface area contributed by atoms with Crippen molar-refractivity contribution in [2.75, 3.05) is 0 Å². The number of fused-ring (bicyclic) bond motifs is 9. The molecule has 11 aromatic carbocycles. The Hall–Kier alpha value is -8.92. The van der Waals surface area contributed by atoms with E-state index in [1.165, 1.54) is 93.1 Å². The average Bonchev–Trinajstić information content (AvgIpc) is 3.76. The molecule has 0 saturated carbocycles. The molecular formula is C67H47N3. The van der Waals surface area contributed by atoms with Crippen molar-refractivity contribution < 1.29 is 0 Å². The molecule has 3 heteroatoms. The lowest BCUT2D eigenvalue weighted by atomic mass is 9.88. The number of aliphatic imine (C=N–C) groups is 2. The van der Waals surface area contributed by atoms with Gasteiger partial charge in [0.1, 0.15) is 0 Å². The highest BCUT2D eigenvalue weighted by molar-refractivity contribution is 6.28. The van der Waals surface area contributed by atoms with Crippen LogP contribution in [0.1, 0.15) is 36.5 Å². The van der Waals surface area contributed by atoms with Gasteiger partial charge in [-0.25, -0.2) is 9.98 Å². The zero-order valence-corrected chi connectivity index (χ0v) is 38.8. The number of amidine groups is 1. The normalized spacial score (nSPS) is 14.2. The van der Waals surface area contributed by atoms with Gasteiger partial charge in [0.25, 0.3) is 0 Å². The van der Waals surface area contributed by atoms with E-state index in [9.17, 15) is 0 Å². The molecule has 12 aromatic rings. The predicted octanol–water partition coefficient (Wildman–Crippen LogP) is 17.7. The maximum absolute atomic E-state index is 5.61. The Bertz CT molecular complexity index is 4070. The summed E-state index contributed by atoms with van der Waals surface area (Å²) in [5.74, 6) is 0.723. The van der Waals surface area contributed by atoms with Crippen LogP contribution in [0.3, 0.4) is 0 Å². The molecule has 0 saturated heterocycles. The van der Waals surface area contributed by atoms with Crippen LogP contribution in [0.5, 0.6) is 0 Å². The molecule has 0 N–H and O–H groups in total. The minimum absolute atomic E-state index is 0.723. The largest absolute Gasteiger partial charge is 0.309 e. The van der Waals surface area contributed by atoms with E-state index in [1.54, 1.807) is 0 Å². The summed E-state index contributed by atoms with van der Waals surface area (Å²) in [5, 5.41) is 9.82. The Morgan fingerprint density at radius 1 is 0.329 bits per heavy atom. The van der Waals surface area contributed by atoms with Crippen LogP contribution in [-0.2, 0) is 0 Å². The molecule has 13 rings (SSSR count). The summed E-state index contributed by atoms with van der Waals surface area (Å²) in [4.78, 5) is 11.0. The number of hydrogen-bond acceptors (Lipinski definition) is 2. The van der Waals surface area contributed by atoms with Crippen LogP contribution in [0.2, 0.25) is 0 Å². The van der Waals surface area contributed by atoms with Gasteiger partial charge >= 0.3 is 0 Å². The lowest BCUT2D eigenvalue weighted by Crippen LogP contribution is -2.10. The van der Waals surface area contributed by atoms with E-state index in [0.717, 1.165) is 52.5 Å². The van der Waals surface area contributed by atoms with Gasteiger partial charge in [0.05, 0.1) is 22.4 Å². The van der Waals surface area contributed by atoms with Gasteiger partial charge in [-0.1, -0.05) is 212 Å². The average molecular weight is 894 g/mol. The standard InChI is InChI=1S/C67H47N3/c1-44-28-41-62(49-31-29-47(30-32-49)45-16-5-2-6-17-45)68-67(50-20-9-4-10-21-50)69-66(44)60-26-15-25-58-54-22-11-12-23-55(54)61-42-51(36-40-59(61)65(58)60)52-35-39-57-56-24-13-14-27-63(56)70(64(57)43-52)53-37-33-48(34-38-53)46-18-7-3-8-19-46/h2-27,29-40,42-43H,28,41H2,1H3/b66-44-,68-62?,69-67?. The molecule has 3 nitrogen and oxygen atoms in total. The highest BCUT2D eigenvalue weighted by Crippen LogP contribution is 2.43. The first-order valence-electron chi connectivity index (χ1n) is 24.3. The van der Waals surface area contributed by atoms with Crippen molar-refractivity contribution in [2.45, 2.75) is 19.8 Å². The molecule has 70 heavy (non-hydrogen) atoms. The topological polar surface area (TPSA) is 29.6 Å². The van der Waals surface area contributed by atoms with Crippen LogP contribution in [0.4, 0.5) is 0 Å². The molecule has 0 bridgehead atoms. The molecule has 0 atom stereocenters. The zero-order valence-electron chi connectivity index (χ0n) is 38.8. The second-order valence-electron chi connectivity index (χ2n) is 18.5. The molecule has 1 aliphatic heterocycles. The van der Waals surface area contributed by atoms with Crippen molar-refractivity contribution in [3.8, 4) is 39.1 Å². The number of aromatic nitrogens is 1. The molecule has 0 radical (unpaired) electrons. The van der Waals surface area contributed by atoms with Crippen molar-refractivity contribution in [3.63, 3.8) is 0 Å². The van der Waals surface area contributed by atoms with Crippen molar-refractivity contribution in [2.24, 2.45) is 9.98 Å². The van der Waals surface area contributed by atoms with Crippen LogP contribution >= 0.6 is 0 Å². The van der Waals surface area contributed by atoms with Crippen LogP contribution in [-0.4, -0.2) is 16.1 Å². The third-order valence-corrected chi connectivity index (χ3v) is 14.3. The quantitative estimate of drug-likeness (QED) is 0.143. The maximum atomic E-state index is 5.61. The zero-order chi connectivity index (χ0) is 46.5. The molecule has 0 unspecified atom stereocenters. The van der Waals surface area contributed by atoms with E-state index >= 15 is 0 Å². The lowest BCUT2D eigenvalue weighted by Gasteiger charge is -2.19. The third kappa shape index (κ3) is 7.23. The minimum atomic E-state index is 0.723. The summed E-state index contributed by atoms with van der Waals surface area (Å²) in [7, 11) is 0. The Morgan fingerprint density at radius 3 is 1.50 bits per heavy atom. The van der Waals surface area contributed by atoms with Crippen LogP contribution in [0, 0.1) is 0 Å². The van der Waals surface area contributed by atoms with E-state index < -0.39 is 0 Å². The van der Waals surface area contributed by atoms with Gasteiger partial charge in [-0.05, 0) is 127 Å². The van der Waals surface area contributed by atoms with Crippen molar-refractivity contribution in [3.05, 3.63) is 265 Å². The molecule has 0 fully saturated rings. The number of hydrogen-bond donors (Lipinski definition) is 0. The SMILES string of the molecule is C/C1=C(\c2cccc3c4ccccc4c4cc(-c5ccc6c7ccccc7n(-c7ccc(-c8ccccc8)cc7)c6c5)ccc4c23)N=C(c2ccccc2)N=C(c2ccc(-c3ccccc3)cc2)CC1. The Balaban J connectivity index is 0.956. The Labute approximate surface area is 407 Å². The fraction of sp³-hybridized carbons (Fsp3) is 0.0448. The van der Waals surface area contributed by atoms with Gasteiger partial charge in [-0.2, -0.15) is 0 Å². The fourth-order valence-corrected chi connectivity index (χ4v) is 10.8. The summed E-state index contributed by atoms with van der Waals surface area (Å²) in [6.07, 6.45) is 1.63. The summed E-state index contributed by atoms with van der Waals surface area (Å²) >= 11 is 0. The predicted molar refractivity (Wildman–Crippen MR) is 297 cm³/mol. The molecule has 1 aliphatic rings. The van der Waals surface area contributed by atoms with Crippen LogP contribution < -0.4 is 0 Å². The number of rotatable bonds is 7. The molecule has 0 spiro atoms. The molecule has 1 aromatic heterocycles. The smallest absolute Gasteiger partial charge is 0.160 e. The first-order valence-corrected chi connectivity index (χ1v) is 24.3. The Morgan fingerprint density at radius 2 is 0.814 bits per heavy atom.